The van der Waals surface area contributed by atoms with Gasteiger partial charge in [-0.05, 0) is 59.0 Å². The Kier molecular flexibility index (Phi) is 5.82. The predicted molar refractivity (Wildman–Crippen MR) is 188 cm³/mol. The Labute approximate surface area is 260 Å². The van der Waals surface area contributed by atoms with Gasteiger partial charge in [-0.15, -0.1) is 0 Å². The second-order valence-electron chi connectivity index (χ2n) is 11.5. The van der Waals surface area contributed by atoms with E-state index >= 15 is 0 Å². The lowest BCUT2D eigenvalue weighted by Gasteiger charge is -2.13. The third-order valence-electron chi connectivity index (χ3n) is 8.82. The molecule has 3 heteroatoms. The van der Waals surface area contributed by atoms with Gasteiger partial charge in [0.1, 0.15) is 0 Å². The smallest absolute Gasteiger partial charge is 0.0788 e. The van der Waals surface area contributed by atoms with Crippen molar-refractivity contribution in [1.29, 1.82) is 0 Å². The van der Waals surface area contributed by atoms with E-state index in [4.69, 9.17) is 9.97 Å². The fraction of sp³-hybridized carbons (Fsp3) is 0. The van der Waals surface area contributed by atoms with Gasteiger partial charge >= 0.3 is 0 Å². The molecule has 0 saturated carbocycles. The first kappa shape index (κ1) is 25.4. The second kappa shape index (κ2) is 10.3. The minimum atomic E-state index is 0.950. The SMILES string of the molecule is c1ccc(-c2ccnc(-c3cccc(-n4c5ccccc5c5ccc(-c6nc7ccccc7c7ccccc67)cc54)c3)c2)cc1. The van der Waals surface area contributed by atoms with Crippen LogP contribution in [0.25, 0.3) is 82.8 Å². The molecule has 0 amide bonds. The molecule has 0 radical (unpaired) electrons. The van der Waals surface area contributed by atoms with Crippen LogP contribution in [-0.2, 0) is 0 Å². The maximum absolute atomic E-state index is 5.21. The first-order valence-electron chi connectivity index (χ1n) is 15.3. The molecule has 9 aromatic rings. The molecule has 3 heterocycles. The van der Waals surface area contributed by atoms with Crippen LogP contribution >= 0.6 is 0 Å². The number of para-hydroxylation sites is 2. The predicted octanol–water partition coefficient (Wildman–Crippen LogP) is 10.9. The Morgan fingerprint density at radius 1 is 0.400 bits per heavy atom. The highest BCUT2D eigenvalue weighted by atomic mass is 15.0. The second-order valence-corrected chi connectivity index (χ2v) is 11.5. The average Bonchev–Trinajstić information content (AvgIpc) is 3.45. The van der Waals surface area contributed by atoms with Crippen LogP contribution in [0, 0.1) is 0 Å². The molecule has 0 bridgehead atoms. The molecule has 45 heavy (non-hydrogen) atoms. The van der Waals surface area contributed by atoms with Gasteiger partial charge in [-0.1, -0.05) is 115 Å². The normalized spacial score (nSPS) is 11.6. The lowest BCUT2D eigenvalue weighted by atomic mass is 9.99. The highest BCUT2D eigenvalue weighted by molar-refractivity contribution is 6.13. The molecule has 6 aromatic carbocycles. The number of hydrogen-bond donors (Lipinski definition) is 0. The highest BCUT2D eigenvalue weighted by Crippen LogP contribution is 2.38. The van der Waals surface area contributed by atoms with Crippen LogP contribution in [0.3, 0.4) is 0 Å². The van der Waals surface area contributed by atoms with Crippen LogP contribution in [0.5, 0.6) is 0 Å². The quantitative estimate of drug-likeness (QED) is 0.196. The lowest BCUT2D eigenvalue weighted by molar-refractivity contribution is 1.18. The van der Waals surface area contributed by atoms with Gasteiger partial charge in [-0.3, -0.25) is 4.98 Å². The summed E-state index contributed by atoms with van der Waals surface area (Å²) >= 11 is 0. The van der Waals surface area contributed by atoms with Crippen molar-refractivity contribution in [2.75, 3.05) is 0 Å². The van der Waals surface area contributed by atoms with Gasteiger partial charge in [0.05, 0.1) is 27.9 Å². The Morgan fingerprint density at radius 2 is 1.11 bits per heavy atom. The molecular formula is C42H27N3. The number of aromatic nitrogens is 3. The van der Waals surface area contributed by atoms with Crippen molar-refractivity contribution in [3.8, 4) is 39.3 Å². The van der Waals surface area contributed by atoms with E-state index in [2.05, 4.69) is 156 Å². The van der Waals surface area contributed by atoms with Crippen molar-refractivity contribution in [2.24, 2.45) is 0 Å². The zero-order chi connectivity index (χ0) is 29.7. The molecule has 210 valence electrons. The largest absolute Gasteiger partial charge is 0.309 e. The van der Waals surface area contributed by atoms with Gasteiger partial charge in [0.2, 0.25) is 0 Å². The molecule has 0 aliphatic rings. The number of nitrogens with zero attached hydrogens (tertiary/aromatic N) is 3. The van der Waals surface area contributed by atoms with Gasteiger partial charge in [0, 0.05) is 44.6 Å². The molecule has 9 rings (SSSR count). The number of hydrogen-bond acceptors (Lipinski definition) is 2. The maximum Gasteiger partial charge on any atom is 0.0788 e. The van der Waals surface area contributed by atoms with Crippen molar-refractivity contribution in [2.45, 2.75) is 0 Å². The van der Waals surface area contributed by atoms with E-state index < -0.39 is 0 Å². The lowest BCUT2D eigenvalue weighted by Crippen LogP contribution is -1.96. The molecule has 0 aliphatic carbocycles. The summed E-state index contributed by atoms with van der Waals surface area (Å²) in [5.74, 6) is 0. The van der Waals surface area contributed by atoms with E-state index in [1.807, 2.05) is 12.3 Å². The van der Waals surface area contributed by atoms with Crippen molar-refractivity contribution < 1.29 is 0 Å². The molecule has 0 atom stereocenters. The molecule has 0 N–H and O–H groups in total. The fourth-order valence-corrected chi connectivity index (χ4v) is 6.72. The molecule has 3 aromatic heterocycles. The van der Waals surface area contributed by atoms with Gasteiger partial charge in [-0.25, -0.2) is 4.98 Å². The van der Waals surface area contributed by atoms with E-state index in [9.17, 15) is 0 Å². The Balaban J connectivity index is 1.25. The van der Waals surface area contributed by atoms with Crippen molar-refractivity contribution in [1.82, 2.24) is 14.5 Å². The third-order valence-corrected chi connectivity index (χ3v) is 8.82. The Bertz CT molecular complexity index is 2540. The number of fused-ring (bicyclic) bond motifs is 6. The van der Waals surface area contributed by atoms with E-state index in [1.165, 1.54) is 32.6 Å². The number of benzene rings is 6. The maximum atomic E-state index is 5.21. The Morgan fingerprint density at radius 3 is 2.00 bits per heavy atom. The highest BCUT2D eigenvalue weighted by Gasteiger charge is 2.16. The first-order chi connectivity index (χ1) is 22.3. The van der Waals surface area contributed by atoms with Crippen LogP contribution < -0.4 is 0 Å². The van der Waals surface area contributed by atoms with Gasteiger partial charge in [-0.2, -0.15) is 0 Å². The van der Waals surface area contributed by atoms with E-state index in [0.29, 0.717) is 0 Å². The van der Waals surface area contributed by atoms with E-state index in [1.54, 1.807) is 0 Å². The molecule has 0 spiro atoms. The van der Waals surface area contributed by atoms with Crippen molar-refractivity contribution in [3.63, 3.8) is 0 Å². The van der Waals surface area contributed by atoms with Crippen LogP contribution in [0.15, 0.2) is 164 Å². The minimum absolute atomic E-state index is 0.950. The molecule has 0 unspecified atom stereocenters. The van der Waals surface area contributed by atoms with Gasteiger partial charge in [0.25, 0.3) is 0 Å². The van der Waals surface area contributed by atoms with Crippen LogP contribution in [0.4, 0.5) is 0 Å². The monoisotopic (exact) mass is 573 g/mol. The summed E-state index contributed by atoms with van der Waals surface area (Å²) in [6.07, 6.45) is 1.90. The van der Waals surface area contributed by atoms with Crippen molar-refractivity contribution in [3.05, 3.63) is 164 Å². The summed E-state index contributed by atoms with van der Waals surface area (Å²) in [6.45, 7) is 0. The minimum Gasteiger partial charge on any atom is -0.309 e. The third kappa shape index (κ3) is 4.21. The fourth-order valence-electron chi connectivity index (χ4n) is 6.72. The van der Waals surface area contributed by atoms with Crippen molar-refractivity contribution >= 4 is 43.5 Å². The summed E-state index contributed by atoms with van der Waals surface area (Å²) in [6, 6.07) is 55.9. The topological polar surface area (TPSA) is 30.7 Å². The van der Waals surface area contributed by atoms with E-state index in [-0.39, 0.29) is 0 Å². The number of pyridine rings is 2. The van der Waals surface area contributed by atoms with Gasteiger partial charge in [0.15, 0.2) is 0 Å². The summed E-state index contributed by atoms with van der Waals surface area (Å²) in [5.41, 5.74) is 10.9. The molecule has 0 aliphatic heterocycles. The summed E-state index contributed by atoms with van der Waals surface area (Å²) in [7, 11) is 0. The summed E-state index contributed by atoms with van der Waals surface area (Å²) in [5, 5.41) is 5.99. The number of rotatable bonds is 4. The molecular weight excluding hydrogens is 546 g/mol. The van der Waals surface area contributed by atoms with Crippen LogP contribution in [0.1, 0.15) is 0 Å². The zero-order valence-corrected chi connectivity index (χ0v) is 24.4. The van der Waals surface area contributed by atoms with Crippen LogP contribution in [-0.4, -0.2) is 14.5 Å². The average molecular weight is 574 g/mol. The molecule has 3 nitrogen and oxygen atoms in total. The van der Waals surface area contributed by atoms with Crippen LogP contribution in [0.2, 0.25) is 0 Å². The van der Waals surface area contributed by atoms with E-state index in [0.717, 1.165) is 50.2 Å². The summed E-state index contributed by atoms with van der Waals surface area (Å²) in [4.78, 5) is 9.98. The summed E-state index contributed by atoms with van der Waals surface area (Å²) < 4.78 is 2.38. The first-order valence-corrected chi connectivity index (χ1v) is 15.3. The molecule has 0 fully saturated rings. The zero-order valence-electron chi connectivity index (χ0n) is 24.4. The Hall–Kier alpha value is -6.06. The molecule has 0 saturated heterocycles. The van der Waals surface area contributed by atoms with Gasteiger partial charge < -0.3 is 4.57 Å². The standard InChI is InChI=1S/C42H27N3/c1-2-11-28(12-3-1)29-23-24-43-39(26-29)30-13-10-14-32(25-30)45-40-20-9-7-17-35(40)36-22-21-31(27-41(36)45)42-37-18-5-4-15-33(37)34-16-6-8-19-38(34)44-42/h1-27H.